The second-order valence-corrected chi connectivity index (χ2v) is 8.88. The van der Waals surface area contributed by atoms with Gasteiger partial charge in [0.2, 0.25) is 11.8 Å². The molecule has 0 bridgehead atoms. The van der Waals surface area contributed by atoms with Crippen LogP contribution in [0.5, 0.6) is 0 Å². The molecule has 3 aromatic rings. The molecular formula is C24H23Cl2N3O3. The third kappa shape index (κ3) is 4.25. The minimum atomic E-state index is -0.304. The van der Waals surface area contributed by atoms with E-state index in [1.807, 2.05) is 19.1 Å². The van der Waals surface area contributed by atoms with E-state index in [4.69, 9.17) is 23.2 Å². The molecule has 1 aromatic heterocycles. The molecule has 0 aliphatic carbocycles. The molecule has 8 heteroatoms. The molecule has 32 heavy (non-hydrogen) atoms. The van der Waals surface area contributed by atoms with Gasteiger partial charge in [-0.2, -0.15) is 0 Å². The average molecular weight is 472 g/mol. The van der Waals surface area contributed by atoms with Crippen LogP contribution >= 0.6 is 23.2 Å². The van der Waals surface area contributed by atoms with Gasteiger partial charge in [0.25, 0.3) is 5.91 Å². The van der Waals surface area contributed by atoms with E-state index in [2.05, 4.69) is 5.32 Å². The highest BCUT2D eigenvalue weighted by molar-refractivity contribution is 6.40. The zero-order valence-corrected chi connectivity index (χ0v) is 19.3. The third-order valence-corrected chi connectivity index (χ3v) is 6.57. The summed E-state index contributed by atoms with van der Waals surface area (Å²) in [5, 5.41) is 4.39. The molecule has 1 N–H and O–H groups in total. The average Bonchev–Trinajstić information content (AvgIpc) is 3.08. The number of hydrogen-bond donors (Lipinski definition) is 1. The fraction of sp³-hybridized carbons (Fsp3) is 0.292. The van der Waals surface area contributed by atoms with Crippen LogP contribution < -0.4 is 5.32 Å². The Hall–Kier alpha value is -2.83. The van der Waals surface area contributed by atoms with E-state index in [9.17, 15) is 14.4 Å². The van der Waals surface area contributed by atoms with Crippen LogP contribution in [0, 0.1) is 12.8 Å². The number of anilines is 1. The van der Waals surface area contributed by atoms with Gasteiger partial charge in [-0.25, -0.2) is 0 Å². The van der Waals surface area contributed by atoms with E-state index in [0.717, 1.165) is 11.1 Å². The number of fused-ring (bicyclic) bond motifs is 1. The molecule has 2 amide bonds. The van der Waals surface area contributed by atoms with Gasteiger partial charge in [-0.05, 0) is 56.2 Å². The summed E-state index contributed by atoms with van der Waals surface area (Å²) in [4.78, 5) is 39.2. The van der Waals surface area contributed by atoms with Crippen molar-refractivity contribution >= 4 is 57.5 Å². The molecule has 1 saturated heterocycles. The number of carbonyl (C=O) groups is 3. The Kier molecular flexibility index (Phi) is 6.26. The van der Waals surface area contributed by atoms with E-state index in [1.165, 1.54) is 0 Å². The van der Waals surface area contributed by atoms with Gasteiger partial charge in [0.15, 0.2) is 0 Å². The molecular weight excluding hydrogens is 449 g/mol. The number of piperidine rings is 1. The Bertz CT molecular complexity index is 1210. The van der Waals surface area contributed by atoms with E-state index in [1.54, 1.807) is 46.7 Å². The van der Waals surface area contributed by atoms with Crippen LogP contribution in [-0.2, 0) is 9.59 Å². The Morgan fingerprint density at radius 2 is 1.66 bits per heavy atom. The van der Waals surface area contributed by atoms with Crippen LogP contribution in [0.4, 0.5) is 5.69 Å². The highest BCUT2D eigenvalue weighted by Crippen LogP contribution is 2.30. The molecule has 4 rings (SSSR count). The normalized spacial score (nSPS) is 14.6. The Balaban J connectivity index is 1.56. The van der Waals surface area contributed by atoms with Gasteiger partial charge >= 0.3 is 0 Å². The number of hydrogen-bond acceptors (Lipinski definition) is 3. The lowest BCUT2D eigenvalue weighted by molar-refractivity contribution is -0.132. The molecule has 6 nitrogen and oxygen atoms in total. The maximum atomic E-state index is 13.2. The summed E-state index contributed by atoms with van der Waals surface area (Å²) in [6.45, 7) is 4.58. The predicted octanol–water partition coefficient (Wildman–Crippen LogP) is 5.14. The number of aromatic nitrogens is 1. The Morgan fingerprint density at radius 1 is 1.00 bits per heavy atom. The first-order valence-corrected chi connectivity index (χ1v) is 11.2. The van der Waals surface area contributed by atoms with Crippen molar-refractivity contribution in [1.29, 1.82) is 0 Å². The van der Waals surface area contributed by atoms with Crippen molar-refractivity contribution in [2.24, 2.45) is 5.92 Å². The molecule has 1 aliphatic rings. The molecule has 0 spiro atoms. The summed E-state index contributed by atoms with van der Waals surface area (Å²) < 4.78 is 1.57. The molecule has 2 heterocycles. The second kappa shape index (κ2) is 8.96. The van der Waals surface area contributed by atoms with E-state index in [0.29, 0.717) is 47.2 Å². The van der Waals surface area contributed by atoms with Crippen LogP contribution in [0.1, 0.15) is 35.8 Å². The molecule has 166 valence electrons. The number of amides is 2. The lowest BCUT2D eigenvalue weighted by Gasteiger charge is -2.30. The first-order chi connectivity index (χ1) is 15.3. The Morgan fingerprint density at radius 3 is 2.28 bits per heavy atom. The highest BCUT2D eigenvalue weighted by atomic mass is 35.5. The van der Waals surface area contributed by atoms with E-state index < -0.39 is 0 Å². The van der Waals surface area contributed by atoms with Crippen LogP contribution in [0.3, 0.4) is 0 Å². The molecule has 0 saturated carbocycles. The fourth-order valence-corrected chi connectivity index (χ4v) is 4.77. The van der Waals surface area contributed by atoms with Gasteiger partial charge in [0.1, 0.15) is 0 Å². The van der Waals surface area contributed by atoms with E-state index in [-0.39, 0.29) is 29.2 Å². The van der Waals surface area contributed by atoms with Gasteiger partial charge in [-0.3, -0.25) is 19.0 Å². The van der Waals surface area contributed by atoms with Gasteiger partial charge in [0, 0.05) is 42.7 Å². The summed E-state index contributed by atoms with van der Waals surface area (Å²) in [5.74, 6) is -0.442. The minimum absolute atomic E-state index is 0.0433. The maximum Gasteiger partial charge on any atom is 0.265 e. The number of likely N-dealkylation sites (tertiary alicyclic amines) is 1. The van der Waals surface area contributed by atoms with Crippen molar-refractivity contribution < 1.29 is 14.4 Å². The summed E-state index contributed by atoms with van der Waals surface area (Å²) in [6.07, 6.45) is 1.30. The summed E-state index contributed by atoms with van der Waals surface area (Å²) in [5.41, 5.74) is 2.36. The van der Waals surface area contributed by atoms with Gasteiger partial charge < -0.3 is 10.2 Å². The van der Waals surface area contributed by atoms with Crippen LogP contribution in [0.15, 0.2) is 42.5 Å². The van der Waals surface area contributed by atoms with Crippen molar-refractivity contribution in [2.75, 3.05) is 18.4 Å². The quantitative estimate of drug-likeness (QED) is 0.574. The molecule has 0 unspecified atom stereocenters. The molecule has 1 aliphatic heterocycles. The topological polar surface area (TPSA) is 71.4 Å². The number of benzene rings is 2. The lowest BCUT2D eigenvalue weighted by atomic mass is 9.96. The number of aryl methyl sites for hydroxylation is 1. The summed E-state index contributed by atoms with van der Waals surface area (Å²) >= 11 is 12.5. The zero-order valence-electron chi connectivity index (χ0n) is 17.8. The predicted molar refractivity (Wildman–Crippen MR) is 126 cm³/mol. The second-order valence-electron chi connectivity index (χ2n) is 8.07. The smallest absolute Gasteiger partial charge is 0.265 e. The number of nitrogens with zero attached hydrogens (tertiary/aromatic N) is 2. The van der Waals surface area contributed by atoms with Crippen molar-refractivity contribution in [3.63, 3.8) is 0 Å². The van der Waals surface area contributed by atoms with Crippen LogP contribution in [-0.4, -0.2) is 40.3 Å². The monoisotopic (exact) mass is 471 g/mol. The molecule has 0 atom stereocenters. The van der Waals surface area contributed by atoms with Crippen molar-refractivity contribution in [3.8, 4) is 0 Å². The van der Waals surface area contributed by atoms with E-state index >= 15 is 0 Å². The largest absolute Gasteiger partial charge is 0.343 e. The first kappa shape index (κ1) is 22.4. The summed E-state index contributed by atoms with van der Waals surface area (Å²) in [6, 6.07) is 12.3. The summed E-state index contributed by atoms with van der Waals surface area (Å²) in [7, 11) is 0. The van der Waals surface area contributed by atoms with Crippen molar-refractivity contribution in [3.05, 3.63) is 63.8 Å². The third-order valence-electron chi connectivity index (χ3n) is 5.94. The minimum Gasteiger partial charge on any atom is -0.343 e. The standard InChI is InChI=1S/C24H23Cl2N3O3/c1-14-12-17-13-18(27-23(31)16-8-10-28(11-9-16)15(2)30)6-7-21(17)29(14)24(32)22-19(25)4-3-5-20(22)26/h3-7,12-13,16H,8-11H2,1-2H3,(H,27,31). The SMILES string of the molecule is CC(=O)N1CCC(C(=O)Nc2ccc3c(c2)cc(C)n3C(=O)c2c(Cl)cccc2Cl)CC1. The maximum absolute atomic E-state index is 13.2. The van der Waals surface area contributed by atoms with Gasteiger partial charge in [0.05, 0.1) is 21.1 Å². The fourth-order valence-electron chi connectivity index (χ4n) is 4.22. The molecule has 1 fully saturated rings. The van der Waals surface area contributed by atoms with Crippen LogP contribution in [0.25, 0.3) is 10.9 Å². The lowest BCUT2D eigenvalue weighted by Crippen LogP contribution is -2.40. The highest BCUT2D eigenvalue weighted by Gasteiger charge is 2.26. The number of rotatable bonds is 3. The first-order valence-electron chi connectivity index (χ1n) is 10.4. The Labute approximate surface area is 196 Å². The number of carbonyl (C=O) groups excluding carboxylic acids is 3. The zero-order chi connectivity index (χ0) is 23.0. The molecule has 0 radical (unpaired) electrons. The van der Waals surface area contributed by atoms with Crippen molar-refractivity contribution in [2.45, 2.75) is 26.7 Å². The van der Waals surface area contributed by atoms with Crippen LogP contribution in [0.2, 0.25) is 10.0 Å². The molecule has 2 aromatic carbocycles. The van der Waals surface area contributed by atoms with Gasteiger partial charge in [-0.1, -0.05) is 29.3 Å². The van der Waals surface area contributed by atoms with Crippen molar-refractivity contribution in [1.82, 2.24) is 9.47 Å². The number of halogens is 2. The van der Waals surface area contributed by atoms with Gasteiger partial charge in [-0.15, -0.1) is 0 Å². The number of nitrogens with one attached hydrogen (secondary N) is 1.